The second-order valence-electron chi connectivity index (χ2n) is 2.59. The summed E-state index contributed by atoms with van der Waals surface area (Å²) >= 11 is 11.4. The molecule has 0 saturated carbocycles. The molecule has 1 N–H and O–H groups in total. The van der Waals surface area contributed by atoms with Gasteiger partial charge in [-0.1, -0.05) is 23.2 Å². The standard InChI is InChI=1S/C7H8Cl2O2/c8-5-2-1-4(7(10)11)3-6(5)9/h4H,1-3H2,(H,10,11). The van der Waals surface area contributed by atoms with Crippen molar-refractivity contribution in [3.63, 3.8) is 0 Å². The van der Waals surface area contributed by atoms with Crippen LogP contribution in [0.25, 0.3) is 0 Å². The molecule has 1 unspecified atom stereocenters. The average Bonchev–Trinajstić information content (AvgIpc) is 1.94. The largest absolute Gasteiger partial charge is 0.481 e. The molecule has 2 nitrogen and oxygen atoms in total. The molecule has 0 aromatic rings. The lowest BCUT2D eigenvalue weighted by molar-refractivity contribution is -0.141. The Bertz CT molecular complexity index is 210. The number of carbonyl (C=O) groups is 1. The molecular weight excluding hydrogens is 187 g/mol. The van der Waals surface area contributed by atoms with E-state index in [0.717, 1.165) is 0 Å². The Balaban J connectivity index is 2.64. The molecule has 0 aliphatic heterocycles. The zero-order valence-corrected chi connectivity index (χ0v) is 7.32. The number of hydrogen-bond donors (Lipinski definition) is 1. The van der Waals surface area contributed by atoms with Crippen molar-refractivity contribution in [2.75, 3.05) is 0 Å². The molecule has 1 aliphatic carbocycles. The molecule has 0 saturated heterocycles. The maximum absolute atomic E-state index is 10.5. The van der Waals surface area contributed by atoms with Crippen molar-refractivity contribution < 1.29 is 9.90 Å². The monoisotopic (exact) mass is 194 g/mol. The summed E-state index contributed by atoms with van der Waals surface area (Å²) in [4.78, 5) is 10.5. The van der Waals surface area contributed by atoms with Crippen molar-refractivity contribution in [3.05, 3.63) is 10.1 Å². The van der Waals surface area contributed by atoms with Crippen molar-refractivity contribution in [3.8, 4) is 0 Å². The van der Waals surface area contributed by atoms with Gasteiger partial charge in [-0.2, -0.15) is 0 Å². The first-order valence-electron chi connectivity index (χ1n) is 3.37. The maximum atomic E-state index is 10.5. The molecule has 0 fully saturated rings. The van der Waals surface area contributed by atoms with Gasteiger partial charge in [-0.15, -0.1) is 0 Å². The molecule has 1 atom stereocenters. The lowest BCUT2D eigenvalue weighted by atomic mass is 9.94. The average molecular weight is 195 g/mol. The lowest BCUT2D eigenvalue weighted by Gasteiger charge is -2.17. The van der Waals surface area contributed by atoms with E-state index in [9.17, 15) is 4.79 Å². The number of rotatable bonds is 1. The van der Waals surface area contributed by atoms with Crippen LogP contribution < -0.4 is 0 Å². The number of carboxylic acid groups (broad SMARTS) is 1. The van der Waals surface area contributed by atoms with E-state index in [-0.39, 0.29) is 5.92 Å². The molecule has 0 radical (unpaired) electrons. The van der Waals surface area contributed by atoms with Gasteiger partial charge in [0.05, 0.1) is 5.92 Å². The minimum atomic E-state index is -0.785. The summed E-state index contributed by atoms with van der Waals surface area (Å²) in [6.45, 7) is 0. The first-order chi connectivity index (χ1) is 5.11. The van der Waals surface area contributed by atoms with E-state index in [4.69, 9.17) is 28.3 Å². The van der Waals surface area contributed by atoms with Crippen molar-refractivity contribution in [1.82, 2.24) is 0 Å². The van der Waals surface area contributed by atoms with Crippen LogP contribution in [0.3, 0.4) is 0 Å². The van der Waals surface area contributed by atoms with E-state index >= 15 is 0 Å². The Hall–Kier alpha value is -0.210. The van der Waals surface area contributed by atoms with Gasteiger partial charge in [0.2, 0.25) is 0 Å². The molecule has 0 amide bonds. The van der Waals surface area contributed by atoms with E-state index in [1.54, 1.807) is 0 Å². The highest BCUT2D eigenvalue weighted by Crippen LogP contribution is 2.33. The van der Waals surface area contributed by atoms with Gasteiger partial charge in [0.25, 0.3) is 0 Å². The van der Waals surface area contributed by atoms with Gasteiger partial charge in [0.1, 0.15) is 0 Å². The SMILES string of the molecule is O=C(O)C1CCC(Cl)=C(Cl)C1. The third-order valence-electron chi connectivity index (χ3n) is 1.78. The van der Waals surface area contributed by atoms with Gasteiger partial charge in [-0.3, -0.25) is 4.79 Å². The minimum Gasteiger partial charge on any atom is -0.481 e. The van der Waals surface area contributed by atoms with Gasteiger partial charge in [0.15, 0.2) is 0 Å². The number of carboxylic acids is 1. The Labute approximate surface area is 74.8 Å². The van der Waals surface area contributed by atoms with E-state index in [1.165, 1.54) is 0 Å². The summed E-state index contributed by atoms with van der Waals surface area (Å²) in [5, 5.41) is 9.74. The molecule has 0 bridgehead atoms. The van der Waals surface area contributed by atoms with Crippen molar-refractivity contribution in [1.29, 1.82) is 0 Å². The molecule has 0 heterocycles. The highest BCUT2D eigenvalue weighted by Gasteiger charge is 2.24. The zero-order valence-electron chi connectivity index (χ0n) is 5.81. The van der Waals surface area contributed by atoms with Crippen LogP contribution in [0.1, 0.15) is 19.3 Å². The van der Waals surface area contributed by atoms with Crippen LogP contribution in [-0.4, -0.2) is 11.1 Å². The highest BCUT2D eigenvalue weighted by atomic mass is 35.5. The van der Waals surface area contributed by atoms with Crippen molar-refractivity contribution in [2.45, 2.75) is 19.3 Å². The second kappa shape index (κ2) is 3.46. The maximum Gasteiger partial charge on any atom is 0.306 e. The normalized spacial score (nSPS) is 25.5. The Morgan fingerprint density at radius 2 is 2.09 bits per heavy atom. The van der Waals surface area contributed by atoms with Gasteiger partial charge in [-0.05, 0) is 19.3 Å². The first-order valence-corrected chi connectivity index (χ1v) is 4.12. The summed E-state index contributed by atoms with van der Waals surface area (Å²) in [6.07, 6.45) is 1.58. The van der Waals surface area contributed by atoms with Crippen molar-refractivity contribution in [2.24, 2.45) is 5.92 Å². The van der Waals surface area contributed by atoms with Crippen LogP contribution in [0, 0.1) is 5.92 Å². The Morgan fingerprint density at radius 3 is 2.55 bits per heavy atom. The number of aliphatic carboxylic acids is 1. The van der Waals surface area contributed by atoms with Crippen LogP contribution in [0.4, 0.5) is 0 Å². The molecule has 0 aromatic carbocycles. The quantitative estimate of drug-likeness (QED) is 0.697. The predicted molar refractivity (Wildman–Crippen MR) is 43.7 cm³/mol. The van der Waals surface area contributed by atoms with Gasteiger partial charge in [-0.25, -0.2) is 0 Å². The van der Waals surface area contributed by atoms with Crippen molar-refractivity contribution >= 4 is 29.2 Å². The predicted octanol–water partition coefficient (Wildman–Crippen LogP) is 2.56. The van der Waals surface area contributed by atoms with Crippen LogP contribution in [-0.2, 0) is 4.79 Å². The number of halogens is 2. The fourth-order valence-electron chi connectivity index (χ4n) is 1.08. The summed E-state index contributed by atoms with van der Waals surface area (Å²) in [5.74, 6) is -1.13. The Kier molecular flexibility index (Phi) is 2.79. The molecule has 4 heteroatoms. The Morgan fingerprint density at radius 1 is 1.45 bits per heavy atom. The molecular formula is C7H8Cl2O2. The third kappa shape index (κ3) is 2.11. The summed E-state index contributed by atoms with van der Waals surface area (Å²) < 4.78 is 0. The van der Waals surface area contributed by atoms with E-state index in [1.807, 2.05) is 0 Å². The lowest BCUT2D eigenvalue weighted by Crippen LogP contribution is -2.16. The molecule has 1 aliphatic rings. The molecule has 0 aromatic heterocycles. The first kappa shape index (κ1) is 8.88. The van der Waals surface area contributed by atoms with Crippen LogP contribution in [0.15, 0.2) is 10.1 Å². The molecule has 0 spiro atoms. The van der Waals surface area contributed by atoms with E-state index in [2.05, 4.69) is 0 Å². The van der Waals surface area contributed by atoms with Crippen LogP contribution in [0.2, 0.25) is 0 Å². The topological polar surface area (TPSA) is 37.3 Å². The number of allylic oxidation sites excluding steroid dienone is 2. The molecule has 62 valence electrons. The van der Waals surface area contributed by atoms with Gasteiger partial charge >= 0.3 is 5.97 Å². The number of hydrogen-bond acceptors (Lipinski definition) is 1. The van der Waals surface area contributed by atoms with E-state index in [0.29, 0.717) is 29.3 Å². The summed E-state index contributed by atoms with van der Waals surface area (Å²) in [7, 11) is 0. The van der Waals surface area contributed by atoms with Crippen LogP contribution >= 0.6 is 23.2 Å². The summed E-state index contributed by atoms with van der Waals surface area (Å²) in [6, 6.07) is 0. The second-order valence-corrected chi connectivity index (χ2v) is 3.50. The van der Waals surface area contributed by atoms with Gasteiger partial charge < -0.3 is 5.11 Å². The zero-order chi connectivity index (χ0) is 8.43. The fraction of sp³-hybridized carbons (Fsp3) is 0.571. The minimum absolute atomic E-state index is 0.343. The highest BCUT2D eigenvalue weighted by molar-refractivity contribution is 6.39. The van der Waals surface area contributed by atoms with Crippen LogP contribution in [0.5, 0.6) is 0 Å². The van der Waals surface area contributed by atoms with E-state index < -0.39 is 5.97 Å². The summed E-state index contributed by atoms with van der Waals surface area (Å²) in [5.41, 5.74) is 0. The fourth-order valence-corrected chi connectivity index (χ4v) is 1.54. The molecule has 11 heavy (non-hydrogen) atoms. The smallest absolute Gasteiger partial charge is 0.306 e. The van der Waals surface area contributed by atoms with Gasteiger partial charge in [0, 0.05) is 10.1 Å². The third-order valence-corrected chi connectivity index (χ3v) is 2.68. The molecule has 1 rings (SSSR count).